The van der Waals surface area contributed by atoms with Crippen molar-refractivity contribution in [1.29, 1.82) is 0 Å². The number of thiazole rings is 1. The topological polar surface area (TPSA) is 38.9 Å². The van der Waals surface area contributed by atoms with E-state index in [9.17, 15) is 4.39 Å². The second-order valence-electron chi connectivity index (χ2n) is 4.53. The van der Waals surface area contributed by atoms with Crippen molar-refractivity contribution in [2.24, 2.45) is 5.73 Å². The Morgan fingerprint density at radius 3 is 2.63 bits per heavy atom. The highest BCUT2D eigenvalue weighted by atomic mass is 79.9. The van der Waals surface area contributed by atoms with Crippen LogP contribution in [0.25, 0.3) is 11.3 Å². The van der Waals surface area contributed by atoms with E-state index in [1.165, 1.54) is 17.4 Å². The molecule has 2 rings (SSSR count). The highest BCUT2D eigenvalue weighted by Crippen LogP contribution is 2.33. The first-order chi connectivity index (χ1) is 9.00. The zero-order valence-electron chi connectivity index (χ0n) is 10.9. The van der Waals surface area contributed by atoms with Crippen LogP contribution < -0.4 is 5.73 Å². The van der Waals surface area contributed by atoms with Gasteiger partial charge in [-0.05, 0) is 31.0 Å². The molecule has 0 saturated heterocycles. The molecule has 1 aromatic heterocycles. The van der Waals surface area contributed by atoms with Crippen LogP contribution in [-0.2, 0) is 5.54 Å². The molecule has 0 bridgehead atoms. The third-order valence-corrected chi connectivity index (χ3v) is 4.95. The van der Waals surface area contributed by atoms with E-state index < -0.39 is 5.54 Å². The smallest absolute Gasteiger partial charge is 0.133 e. The highest BCUT2D eigenvalue weighted by Gasteiger charge is 2.27. The van der Waals surface area contributed by atoms with Crippen molar-refractivity contribution in [3.63, 3.8) is 0 Å². The van der Waals surface area contributed by atoms with Gasteiger partial charge in [-0.3, -0.25) is 0 Å². The van der Waals surface area contributed by atoms with Crippen LogP contribution in [0.5, 0.6) is 0 Å². The first-order valence-electron chi connectivity index (χ1n) is 6.20. The van der Waals surface area contributed by atoms with Crippen LogP contribution in [-0.4, -0.2) is 4.98 Å². The van der Waals surface area contributed by atoms with Gasteiger partial charge in [0.05, 0.1) is 11.2 Å². The second-order valence-corrected chi connectivity index (χ2v) is 6.30. The van der Waals surface area contributed by atoms with E-state index in [0.717, 1.165) is 22.3 Å². The van der Waals surface area contributed by atoms with Gasteiger partial charge in [0.15, 0.2) is 0 Å². The maximum Gasteiger partial charge on any atom is 0.133 e. The standard InChI is InChI=1S/C14H16BrFN2S/c1-3-14(17,4-2)13-18-12(8-19-13)10-6-5-9(15)7-11(10)16/h5-8H,3-4,17H2,1-2H3. The van der Waals surface area contributed by atoms with E-state index in [-0.39, 0.29) is 5.82 Å². The summed E-state index contributed by atoms with van der Waals surface area (Å²) >= 11 is 4.75. The van der Waals surface area contributed by atoms with Gasteiger partial charge in [0.2, 0.25) is 0 Å². The van der Waals surface area contributed by atoms with Gasteiger partial charge in [-0.15, -0.1) is 11.3 Å². The minimum absolute atomic E-state index is 0.276. The highest BCUT2D eigenvalue weighted by molar-refractivity contribution is 9.10. The molecule has 2 nitrogen and oxygen atoms in total. The number of nitrogens with zero attached hydrogens (tertiary/aromatic N) is 1. The van der Waals surface area contributed by atoms with Crippen molar-refractivity contribution >= 4 is 27.3 Å². The van der Waals surface area contributed by atoms with E-state index in [4.69, 9.17) is 5.73 Å². The summed E-state index contributed by atoms with van der Waals surface area (Å²) in [5, 5.41) is 2.74. The van der Waals surface area contributed by atoms with Crippen molar-refractivity contribution in [1.82, 2.24) is 4.98 Å². The second kappa shape index (κ2) is 5.69. The van der Waals surface area contributed by atoms with Gasteiger partial charge in [-0.25, -0.2) is 9.37 Å². The SMILES string of the molecule is CCC(N)(CC)c1nc(-c2ccc(Br)cc2F)cs1. The number of hydrogen-bond acceptors (Lipinski definition) is 3. The summed E-state index contributed by atoms with van der Waals surface area (Å²) in [4.78, 5) is 4.52. The minimum atomic E-state index is -0.408. The van der Waals surface area contributed by atoms with E-state index in [0.29, 0.717) is 11.3 Å². The number of hydrogen-bond donors (Lipinski definition) is 1. The molecule has 5 heteroatoms. The largest absolute Gasteiger partial charge is 0.319 e. The number of rotatable bonds is 4. The molecule has 0 radical (unpaired) electrons. The predicted molar refractivity (Wildman–Crippen MR) is 81.7 cm³/mol. The van der Waals surface area contributed by atoms with Crippen molar-refractivity contribution in [2.45, 2.75) is 32.2 Å². The monoisotopic (exact) mass is 342 g/mol. The molecule has 0 spiro atoms. The van der Waals surface area contributed by atoms with E-state index in [2.05, 4.69) is 20.9 Å². The van der Waals surface area contributed by atoms with Gasteiger partial charge < -0.3 is 5.73 Å². The maximum atomic E-state index is 13.9. The lowest BCUT2D eigenvalue weighted by atomic mass is 9.95. The lowest BCUT2D eigenvalue weighted by Gasteiger charge is -2.23. The van der Waals surface area contributed by atoms with E-state index >= 15 is 0 Å². The number of halogens is 2. The molecule has 0 aliphatic heterocycles. The Balaban J connectivity index is 2.41. The van der Waals surface area contributed by atoms with Gasteiger partial charge in [0.1, 0.15) is 10.8 Å². The summed E-state index contributed by atoms with van der Waals surface area (Å²) in [5.74, 6) is -0.276. The van der Waals surface area contributed by atoms with E-state index in [1.807, 2.05) is 25.3 Å². The molecule has 0 amide bonds. The molecular weight excluding hydrogens is 327 g/mol. The molecule has 102 valence electrons. The Labute approximate surface area is 125 Å². The van der Waals surface area contributed by atoms with Gasteiger partial charge >= 0.3 is 0 Å². The summed E-state index contributed by atoms with van der Waals surface area (Å²) in [6, 6.07) is 4.99. The molecule has 0 fully saturated rings. The van der Waals surface area contributed by atoms with Crippen LogP contribution in [0.3, 0.4) is 0 Å². The molecule has 2 aromatic rings. The van der Waals surface area contributed by atoms with Crippen molar-refractivity contribution in [3.8, 4) is 11.3 Å². The molecule has 2 N–H and O–H groups in total. The summed E-state index contributed by atoms with van der Waals surface area (Å²) in [5.41, 5.74) is 7.08. The maximum absolute atomic E-state index is 13.9. The third-order valence-electron chi connectivity index (χ3n) is 3.40. The third kappa shape index (κ3) is 2.88. The summed E-state index contributed by atoms with van der Waals surface area (Å²) in [6.07, 6.45) is 1.64. The fourth-order valence-electron chi connectivity index (χ4n) is 1.88. The van der Waals surface area contributed by atoms with E-state index in [1.54, 1.807) is 6.07 Å². The predicted octanol–water partition coefficient (Wildman–Crippen LogP) is 4.69. The van der Waals surface area contributed by atoms with Crippen LogP contribution in [0.4, 0.5) is 4.39 Å². The van der Waals surface area contributed by atoms with Gasteiger partial charge in [0, 0.05) is 15.4 Å². The fourth-order valence-corrected chi connectivity index (χ4v) is 3.29. The fraction of sp³-hybridized carbons (Fsp3) is 0.357. The first kappa shape index (κ1) is 14.6. The lowest BCUT2D eigenvalue weighted by molar-refractivity contribution is 0.411. The zero-order chi connectivity index (χ0) is 14.0. The molecule has 0 aliphatic rings. The van der Waals surface area contributed by atoms with Crippen LogP contribution in [0.1, 0.15) is 31.7 Å². The summed E-state index contributed by atoms with van der Waals surface area (Å²) in [6.45, 7) is 4.09. The van der Waals surface area contributed by atoms with Crippen LogP contribution in [0.15, 0.2) is 28.1 Å². The molecule has 0 aliphatic carbocycles. The van der Waals surface area contributed by atoms with Crippen molar-refractivity contribution in [3.05, 3.63) is 38.9 Å². The van der Waals surface area contributed by atoms with Crippen molar-refractivity contribution < 1.29 is 4.39 Å². The summed E-state index contributed by atoms with van der Waals surface area (Å²) < 4.78 is 14.6. The molecule has 0 unspecified atom stereocenters. The number of nitrogens with two attached hydrogens (primary N) is 1. The van der Waals surface area contributed by atoms with Crippen molar-refractivity contribution in [2.75, 3.05) is 0 Å². The number of benzene rings is 1. The average molecular weight is 343 g/mol. The molecule has 0 saturated carbocycles. The Morgan fingerprint density at radius 1 is 1.37 bits per heavy atom. The van der Waals surface area contributed by atoms with Gasteiger partial charge in [0.25, 0.3) is 0 Å². The summed E-state index contributed by atoms with van der Waals surface area (Å²) in [7, 11) is 0. The molecule has 0 atom stereocenters. The average Bonchev–Trinajstić information content (AvgIpc) is 2.88. The Hall–Kier alpha value is -0.780. The quantitative estimate of drug-likeness (QED) is 0.875. The van der Waals surface area contributed by atoms with Crippen LogP contribution in [0, 0.1) is 5.82 Å². The van der Waals surface area contributed by atoms with Gasteiger partial charge in [-0.2, -0.15) is 0 Å². The zero-order valence-corrected chi connectivity index (χ0v) is 13.3. The molecular formula is C14H16BrFN2S. The molecule has 19 heavy (non-hydrogen) atoms. The van der Waals surface area contributed by atoms with Crippen LogP contribution >= 0.6 is 27.3 Å². The van der Waals surface area contributed by atoms with Gasteiger partial charge in [-0.1, -0.05) is 29.8 Å². The normalized spacial score (nSPS) is 11.8. The molecule has 1 heterocycles. The first-order valence-corrected chi connectivity index (χ1v) is 7.87. The minimum Gasteiger partial charge on any atom is -0.319 e. The number of aromatic nitrogens is 1. The Kier molecular flexibility index (Phi) is 4.38. The lowest BCUT2D eigenvalue weighted by Crippen LogP contribution is -2.34. The molecule has 1 aromatic carbocycles. The van der Waals surface area contributed by atoms with Crippen LogP contribution in [0.2, 0.25) is 0 Å². The Morgan fingerprint density at radius 2 is 2.05 bits per heavy atom. The Bertz CT molecular complexity index is 579.